The second kappa shape index (κ2) is 7.02. The van der Waals surface area contributed by atoms with Gasteiger partial charge in [0.2, 0.25) is 17.6 Å². The molecule has 1 aromatic carbocycles. The zero-order chi connectivity index (χ0) is 17.9. The summed E-state index contributed by atoms with van der Waals surface area (Å²) >= 11 is 0. The Kier molecular flexibility index (Phi) is 5.07. The van der Waals surface area contributed by atoms with E-state index in [4.69, 9.17) is 0 Å². The van der Waals surface area contributed by atoms with Gasteiger partial charge in [0.05, 0.1) is 4.92 Å². The minimum absolute atomic E-state index is 0.181. The molecule has 0 radical (unpaired) electrons. The lowest BCUT2D eigenvalue weighted by Gasteiger charge is -2.17. The van der Waals surface area contributed by atoms with Crippen molar-refractivity contribution in [1.29, 1.82) is 0 Å². The summed E-state index contributed by atoms with van der Waals surface area (Å²) in [6.45, 7) is 0. The van der Waals surface area contributed by atoms with Gasteiger partial charge in [-0.15, -0.1) is 0 Å². The van der Waals surface area contributed by atoms with E-state index < -0.39 is 40.4 Å². The van der Waals surface area contributed by atoms with Crippen LogP contribution in [0, 0.1) is 15.9 Å². The summed E-state index contributed by atoms with van der Waals surface area (Å²) < 4.78 is 13.3. The van der Waals surface area contributed by atoms with Crippen LogP contribution in [0.2, 0.25) is 0 Å². The highest BCUT2D eigenvalue weighted by Gasteiger charge is 2.30. The zero-order valence-corrected chi connectivity index (χ0v) is 12.3. The molecule has 0 bridgehead atoms. The molecule has 1 aliphatic rings. The Balaban J connectivity index is 2.10. The Morgan fingerprint density at radius 2 is 2.21 bits per heavy atom. The molecule has 0 spiro atoms. The van der Waals surface area contributed by atoms with Gasteiger partial charge in [-0.25, -0.2) is 4.79 Å². The molecule has 128 valence electrons. The fraction of sp³-hybridized carbons (Fsp3) is 0.357. The molecule has 1 aromatic rings. The quantitative estimate of drug-likeness (QED) is 0.497. The number of nitro groups is 1. The first-order valence-corrected chi connectivity index (χ1v) is 7.03. The Labute approximate surface area is 135 Å². The molecular weight excluding hydrogens is 325 g/mol. The number of carbonyl (C=O) groups is 3. The lowest BCUT2D eigenvalue weighted by atomic mass is 10.0. The zero-order valence-electron chi connectivity index (χ0n) is 12.3. The fourth-order valence-electron chi connectivity index (χ4n) is 2.34. The van der Waals surface area contributed by atoms with Crippen LogP contribution in [0.25, 0.3) is 0 Å². The molecule has 0 aromatic heterocycles. The molecule has 2 amide bonds. The maximum Gasteiger partial charge on any atom is 0.326 e. The van der Waals surface area contributed by atoms with Crippen molar-refractivity contribution in [2.45, 2.75) is 31.3 Å². The van der Waals surface area contributed by atoms with Crippen LogP contribution in [0.1, 0.15) is 18.4 Å². The minimum Gasteiger partial charge on any atom is -0.480 e. The Hall–Kier alpha value is -3.04. The van der Waals surface area contributed by atoms with E-state index in [1.165, 1.54) is 6.07 Å². The normalized spacial score (nSPS) is 17.9. The second-order valence-corrected chi connectivity index (χ2v) is 5.31. The average molecular weight is 339 g/mol. The van der Waals surface area contributed by atoms with Crippen molar-refractivity contribution in [3.05, 3.63) is 39.7 Å². The summed E-state index contributed by atoms with van der Waals surface area (Å²) in [5.41, 5.74) is -0.586. The molecule has 1 fully saturated rings. The van der Waals surface area contributed by atoms with Crippen molar-refractivity contribution in [3.63, 3.8) is 0 Å². The number of halogens is 1. The van der Waals surface area contributed by atoms with Gasteiger partial charge in [-0.05, 0) is 18.1 Å². The lowest BCUT2D eigenvalue weighted by Crippen LogP contribution is -2.49. The van der Waals surface area contributed by atoms with Crippen molar-refractivity contribution in [2.24, 2.45) is 0 Å². The number of rotatable bonds is 6. The number of carboxylic acid groups (broad SMARTS) is 1. The number of nitrogens with one attached hydrogen (secondary N) is 2. The number of amides is 2. The van der Waals surface area contributed by atoms with Crippen LogP contribution >= 0.6 is 0 Å². The van der Waals surface area contributed by atoms with Gasteiger partial charge in [0, 0.05) is 18.9 Å². The summed E-state index contributed by atoms with van der Waals surface area (Å²) in [6.07, 6.45) is 0.182. The van der Waals surface area contributed by atoms with Gasteiger partial charge in [0.1, 0.15) is 12.1 Å². The van der Waals surface area contributed by atoms with E-state index in [1.54, 1.807) is 0 Å². The van der Waals surface area contributed by atoms with Crippen molar-refractivity contribution in [3.8, 4) is 0 Å². The largest absolute Gasteiger partial charge is 0.480 e. The summed E-state index contributed by atoms with van der Waals surface area (Å²) in [6, 6.07) is 0.837. The van der Waals surface area contributed by atoms with E-state index in [0.717, 1.165) is 12.1 Å². The summed E-state index contributed by atoms with van der Waals surface area (Å²) in [7, 11) is 0. The van der Waals surface area contributed by atoms with Crippen molar-refractivity contribution < 1.29 is 28.8 Å². The van der Waals surface area contributed by atoms with Crippen LogP contribution < -0.4 is 10.6 Å². The maximum atomic E-state index is 13.3. The van der Waals surface area contributed by atoms with E-state index in [9.17, 15) is 34.0 Å². The van der Waals surface area contributed by atoms with Gasteiger partial charge in [-0.2, -0.15) is 4.39 Å². The molecule has 9 nitrogen and oxygen atoms in total. The molecule has 3 N–H and O–H groups in total. The lowest BCUT2D eigenvalue weighted by molar-refractivity contribution is -0.387. The van der Waals surface area contributed by atoms with Gasteiger partial charge in [-0.1, -0.05) is 6.07 Å². The Bertz CT molecular complexity index is 708. The van der Waals surface area contributed by atoms with E-state index in [-0.39, 0.29) is 30.7 Å². The standard InChI is InChI=1S/C14H14FN3O6/c15-8-2-1-7(6-11(8)18(23)24)5-10(14(21)22)17-13(20)9-3-4-12(19)16-9/h1-2,6,9-10H,3-5H2,(H,16,19)(H,17,20)(H,21,22)/t9-,10-/m1/s1. The highest BCUT2D eigenvalue weighted by atomic mass is 19.1. The van der Waals surface area contributed by atoms with E-state index in [2.05, 4.69) is 10.6 Å². The first-order valence-electron chi connectivity index (χ1n) is 7.03. The van der Waals surface area contributed by atoms with Gasteiger partial charge in [0.25, 0.3) is 0 Å². The highest BCUT2D eigenvalue weighted by Crippen LogP contribution is 2.19. The van der Waals surface area contributed by atoms with Gasteiger partial charge < -0.3 is 15.7 Å². The summed E-state index contributed by atoms with van der Waals surface area (Å²) in [4.78, 5) is 44.2. The van der Waals surface area contributed by atoms with Crippen LogP contribution in [0.5, 0.6) is 0 Å². The molecule has 1 saturated heterocycles. The van der Waals surface area contributed by atoms with Crippen LogP contribution in [0.4, 0.5) is 10.1 Å². The molecule has 2 atom stereocenters. The first kappa shape index (κ1) is 17.3. The third kappa shape index (κ3) is 4.03. The Morgan fingerprint density at radius 3 is 2.75 bits per heavy atom. The molecule has 0 unspecified atom stereocenters. The third-order valence-electron chi connectivity index (χ3n) is 3.57. The number of hydrogen-bond acceptors (Lipinski definition) is 5. The SMILES string of the molecule is O=C1CC[C@H](C(=O)N[C@H](Cc2ccc(F)c([N+](=O)[O-])c2)C(=O)O)N1. The second-order valence-electron chi connectivity index (χ2n) is 5.31. The maximum absolute atomic E-state index is 13.3. The van der Waals surface area contributed by atoms with Gasteiger partial charge >= 0.3 is 11.7 Å². The number of carboxylic acids is 1. The molecule has 2 rings (SSSR count). The molecule has 1 aliphatic heterocycles. The van der Waals surface area contributed by atoms with Crippen molar-refractivity contribution in [1.82, 2.24) is 10.6 Å². The Morgan fingerprint density at radius 1 is 1.50 bits per heavy atom. The molecule has 10 heteroatoms. The van der Waals surface area contributed by atoms with Crippen LogP contribution in [0.15, 0.2) is 18.2 Å². The smallest absolute Gasteiger partial charge is 0.326 e. The predicted molar refractivity (Wildman–Crippen MR) is 77.5 cm³/mol. The van der Waals surface area contributed by atoms with Crippen molar-refractivity contribution in [2.75, 3.05) is 0 Å². The predicted octanol–water partition coefficient (Wildman–Crippen LogP) is 0.124. The molecular formula is C14H14FN3O6. The number of nitro benzene ring substituents is 1. The number of hydrogen-bond donors (Lipinski definition) is 3. The number of aliphatic carboxylic acids is 1. The van der Waals surface area contributed by atoms with Crippen LogP contribution in [0.3, 0.4) is 0 Å². The van der Waals surface area contributed by atoms with E-state index in [0.29, 0.717) is 0 Å². The number of nitrogens with zero attached hydrogens (tertiary/aromatic N) is 1. The topological polar surface area (TPSA) is 139 Å². The molecule has 24 heavy (non-hydrogen) atoms. The third-order valence-corrected chi connectivity index (χ3v) is 3.57. The summed E-state index contributed by atoms with van der Waals surface area (Å²) in [5, 5.41) is 24.6. The first-order chi connectivity index (χ1) is 11.3. The van der Waals surface area contributed by atoms with E-state index in [1.807, 2.05) is 0 Å². The van der Waals surface area contributed by atoms with Gasteiger partial charge in [0.15, 0.2) is 0 Å². The fourth-order valence-corrected chi connectivity index (χ4v) is 2.34. The van der Waals surface area contributed by atoms with Crippen LogP contribution in [-0.4, -0.2) is 39.9 Å². The number of benzene rings is 1. The van der Waals surface area contributed by atoms with Gasteiger partial charge in [-0.3, -0.25) is 19.7 Å². The molecule has 0 saturated carbocycles. The highest BCUT2D eigenvalue weighted by molar-refractivity contribution is 5.92. The number of carbonyl (C=O) groups excluding carboxylic acids is 2. The van der Waals surface area contributed by atoms with Crippen molar-refractivity contribution >= 4 is 23.5 Å². The monoisotopic (exact) mass is 339 g/mol. The average Bonchev–Trinajstić information content (AvgIpc) is 2.94. The molecule has 0 aliphatic carbocycles. The molecule has 1 heterocycles. The minimum atomic E-state index is -1.36. The summed E-state index contributed by atoms with van der Waals surface area (Å²) in [5.74, 6) is -3.32. The van der Waals surface area contributed by atoms with Crippen LogP contribution in [-0.2, 0) is 20.8 Å². The van der Waals surface area contributed by atoms with E-state index >= 15 is 0 Å².